The normalized spacial score (nSPS) is 16.0. The van der Waals surface area contributed by atoms with Gasteiger partial charge in [-0.2, -0.15) is 0 Å². The summed E-state index contributed by atoms with van der Waals surface area (Å²) < 4.78 is 0. The van der Waals surface area contributed by atoms with Gasteiger partial charge in [-0.05, 0) is 25.0 Å². The SMILES string of the molecule is CC(C)C(=O)N1CCC(NC(=O)c2ccc[nH]c2=O)CC1. The largest absolute Gasteiger partial charge is 0.349 e. The highest BCUT2D eigenvalue weighted by Crippen LogP contribution is 2.13. The number of rotatable bonds is 3. The number of carbonyl (C=O) groups is 2. The summed E-state index contributed by atoms with van der Waals surface area (Å²) in [5.74, 6) is -0.205. The van der Waals surface area contributed by atoms with Crippen molar-refractivity contribution in [2.45, 2.75) is 32.7 Å². The standard InChI is InChI=1S/C15H21N3O3/c1-10(2)15(21)18-8-5-11(6-9-18)17-14(20)12-4-3-7-16-13(12)19/h3-4,7,10-11H,5-6,8-9H2,1-2H3,(H,16,19)(H,17,20). The lowest BCUT2D eigenvalue weighted by molar-refractivity contribution is -0.135. The second kappa shape index (κ2) is 6.56. The van der Waals surface area contributed by atoms with Crippen LogP contribution < -0.4 is 10.9 Å². The predicted octanol–water partition coefficient (Wildman–Crippen LogP) is 0.752. The van der Waals surface area contributed by atoms with Crippen molar-refractivity contribution in [2.75, 3.05) is 13.1 Å². The van der Waals surface area contributed by atoms with E-state index in [-0.39, 0.29) is 34.9 Å². The van der Waals surface area contributed by atoms with Crippen LogP contribution in [0.25, 0.3) is 0 Å². The van der Waals surface area contributed by atoms with E-state index in [1.54, 1.807) is 6.07 Å². The molecule has 114 valence electrons. The van der Waals surface area contributed by atoms with Gasteiger partial charge in [-0.1, -0.05) is 13.8 Å². The summed E-state index contributed by atoms with van der Waals surface area (Å²) in [6.07, 6.45) is 2.93. The minimum absolute atomic E-state index is 0.000909. The smallest absolute Gasteiger partial charge is 0.260 e. The molecule has 1 fully saturated rings. The lowest BCUT2D eigenvalue weighted by Gasteiger charge is -2.33. The number of amides is 2. The number of H-pyrrole nitrogens is 1. The van der Waals surface area contributed by atoms with Crippen molar-refractivity contribution in [1.29, 1.82) is 0 Å². The molecule has 0 aromatic carbocycles. The molecule has 0 radical (unpaired) electrons. The highest BCUT2D eigenvalue weighted by atomic mass is 16.2. The summed E-state index contributed by atoms with van der Waals surface area (Å²) in [4.78, 5) is 39.8. The van der Waals surface area contributed by atoms with Crippen LogP contribution in [0.3, 0.4) is 0 Å². The average Bonchev–Trinajstić information content (AvgIpc) is 2.47. The third kappa shape index (κ3) is 3.71. The van der Waals surface area contributed by atoms with Crippen molar-refractivity contribution in [2.24, 2.45) is 5.92 Å². The van der Waals surface area contributed by atoms with Gasteiger partial charge < -0.3 is 15.2 Å². The summed E-state index contributed by atoms with van der Waals surface area (Å²) in [5.41, 5.74) is -0.263. The topological polar surface area (TPSA) is 82.3 Å². The van der Waals surface area contributed by atoms with E-state index in [1.165, 1.54) is 12.3 Å². The predicted molar refractivity (Wildman–Crippen MR) is 79.0 cm³/mol. The molecule has 1 aromatic heterocycles. The third-order valence-electron chi connectivity index (χ3n) is 3.70. The number of nitrogens with one attached hydrogen (secondary N) is 2. The molecule has 0 atom stereocenters. The van der Waals surface area contributed by atoms with E-state index in [2.05, 4.69) is 10.3 Å². The lowest BCUT2D eigenvalue weighted by Crippen LogP contribution is -2.48. The van der Waals surface area contributed by atoms with Gasteiger partial charge in [-0.15, -0.1) is 0 Å². The summed E-state index contributed by atoms with van der Waals surface area (Å²) in [6.45, 7) is 5.07. The molecule has 21 heavy (non-hydrogen) atoms. The number of aromatic nitrogens is 1. The lowest BCUT2D eigenvalue weighted by atomic mass is 10.0. The summed E-state index contributed by atoms with van der Waals surface area (Å²) in [5, 5.41) is 2.87. The number of hydrogen-bond acceptors (Lipinski definition) is 3. The van der Waals surface area contributed by atoms with Crippen molar-refractivity contribution in [1.82, 2.24) is 15.2 Å². The fourth-order valence-corrected chi connectivity index (χ4v) is 2.47. The van der Waals surface area contributed by atoms with Gasteiger partial charge >= 0.3 is 0 Å². The van der Waals surface area contributed by atoms with Crippen LogP contribution in [0.4, 0.5) is 0 Å². The molecule has 0 spiro atoms. The van der Waals surface area contributed by atoms with Gasteiger partial charge in [0.1, 0.15) is 5.56 Å². The van der Waals surface area contributed by atoms with Crippen LogP contribution in [-0.2, 0) is 4.79 Å². The Morgan fingerprint density at radius 1 is 1.33 bits per heavy atom. The first-order valence-corrected chi connectivity index (χ1v) is 7.26. The van der Waals surface area contributed by atoms with Gasteiger partial charge in [0.2, 0.25) is 5.91 Å². The molecule has 0 unspecified atom stereocenters. The minimum Gasteiger partial charge on any atom is -0.349 e. The van der Waals surface area contributed by atoms with Crippen molar-refractivity contribution in [3.05, 3.63) is 34.2 Å². The Kier molecular flexibility index (Phi) is 4.77. The molecule has 0 bridgehead atoms. The summed E-state index contributed by atoms with van der Waals surface area (Å²) >= 11 is 0. The Hall–Kier alpha value is -2.11. The molecular formula is C15H21N3O3. The molecule has 2 heterocycles. The van der Waals surface area contributed by atoms with Crippen LogP contribution in [0.5, 0.6) is 0 Å². The van der Waals surface area contributed by atoms with Gasteiger partial charge in [-0.25, -0.2) is 0 Å². The number of nitrogens with zero attached hydrogens (tertiary/aromatic N) is 1. The first-order chi connectivity index (χ1) is 9.99. The zero-order chi connectivity index (χ0) is 15.4. The van der Waals surface area contributed by atoms with Gasteiger partial charge in [0.05, 0.1) is 0 Å². The number of pyridine rings is 1. The third-order valence-corrected chi connectivity index (χ3v) is 3.70. The van der Waals surface area contributed by atoms with Gasteiger partial charge in [0.15, 0.2) is 0 Å². The number of carbonyl (C=O) groups excluding carboxylic acids is 2. The number of likely N-dealkylation sites (tertiary alicyclic amines) is 1. The van der Waals surface area contributed by atoms with Crippen LogP contribution >= 0.6 is 0 Å². The molecular weight excluding hydrogens is 270 g/mol. The molecule has 1 aliphatic heterocycles. The number of hydrogen-bond donors (Lipinski definition) is 2. The minimum atomic E-state index is -0.387. The number of piperidine rings is 1. The Morgan fingerprint density at radius 2 is 2.00 bits per heavy atom. The van der Waals surface area contributed by atoms with Crippen LogP contribution in [0.15, 0.2) is 23.1 Å². The Labute approximate surface area is 123 Å². The highest BCUT2D eigenvalue weighted by molar-refractivity contribution is 5.93. The van der Waals surface area contributed by atoms with Gasteiger partial charge in [-0.3, -0.25) is 14.4 Å². The summed E-state index contributed by atoms with van der Waals surface area (Å²) in [6, 6.07) is 3.14. The Bertz CT molecular complexity index is 572. The van der Waals surface area contributed by atoms with Crippen LogP contribution in [0.2, 0.25) is 0 Å². The molecule has 6 heteroatoms. The van der Waals surface area contributed by atoms with Crippen molar-refractivity contribution < 1.29 is 9.59 Å². The fraction of sp³-hybridized carbons (Fsp3) is 0.533. The molecule has 2 N–H and O–H groups in total. The Morgan fingerprint density at radius 3 is 2.57 bits per heavy atom. The van der Waals surface area contributed by atoms with Crippen LogP contribution in [0.1, 0.15) is 37.0 Å². The van der Waals surface area contributed by atoms with Crippen molar-refractivity contribution in [3.8, 4) is 0 Å². The maximum absolute atomic E-state index is 12.0. The zero-order valence-corrected chi connectivity index (χ0v) is 12.4. The van der Waals surface area contributed by atoms with E-state index >= 15 is 0 Å². The van der Waals surface area contributed by atoms with E-state index in [9.17, 15) is 14.4 Å². The van der Waals surface area contributed by atoms with E-state index in [4.69, 9.17) is 0 Å². The van der Waals surface area contributed by atoms with Crippen molar-refractivity contribution >= 4 is 11.8 Å². The maximum atomic E-state index is 12.0. The Balaban J connectivity index is 1.89. The van der Waals surface area contributed by atoms with Gasteiger partial charge in [0, 0.05) is 31.2 Å². The van der Waals surface area contributed by atoms with E-state index in [1.807, 2.05) is 18.7 Å². The monoisotopic (exact) mass is 291 g/mol. The molecule has 1 aliphatic rings. The molecule has 1 aromatic rings. The molecule has 0 aliphatic carbocycles. The first-order valence-electron chi connectivity index (χ1n) is 7.26. The fourth-order valence-electron chi connectivity index (χ4n) is 2.47. The molecule has 2 amide bonds. The quantitative estimate of drug-likeness (QED) is 0.862. The van der Waals surface area contributed by atoms with Gasteiger partial charge in [0.25, 0.3) is 11.5 Å². The molecule has 0 saturated carbocycles. The maximum Gasteiger partial charge on any atom is 0.260 e. The van der Waals surface area contributed by atoms with E-state index in [0.29, 0.717) is 13.1 Å². The van der Waals surface area contributed by atoms with Crippen LogP contribution in [-0.4, -0.2) is 40.8 Å². The van der Waals surface area contributed by atoms with E-state index < -0.39 is 0 Å². The second-order valence-electron chi connectivity index (χ2n) is 5.64. The molecule has 2 rings (SSSR count). The highest BCUT2D eigenvalue weighted by Gasteiger charge is 2.25. The number of aromatic amines is 1. The average molecular weight is 291 g/mol. The van der Waals surface area contributed by atoms with Crippen LogP contribution in [0, 0.1) is 5.92 Å². The van der Waals surface area contributed by atoms with Crippen molar-refractivity contribution in [3.63, 3.8) is 0 Å². The molecule has 6 nitrogen and oxygen atoms in total. The van der Waals surface area contributed by atoms with E-state index in [0.717, 1.165) is 12.8 Å². The summed E-state index contributed by atoms with van der Waals surface area (Å²) in [7, 11) is 0. The molecule has 1 saturated heterocycles. The second-order valence-corrected chi connectivity index (χ2v) is 5.64. The zero-order valence-electron chi connectivity index (χ0n) is 12.4. The first kappa shape index (κ1) is 15.3.